The highest BCUT2D eigenvalue weighted by Crippen LogP contribution is 2.31. The molecule has 1 unspecified atom stereocenters. The zero-order valence-corrected chi connectivity index (χ0v) is 17.3. The van der Waals surface area contributed by atoms with Crippen LogP contribution in [0.3, 0.4) is 0 Å². The molecule has 1 saturated heterocycles. The molecule has 1 aromatic heterocycles. The lowest BCUT2D eigenvalue weighted by molar-refractivity contribution is -0.140. The van der Waals surface area contributed by atoms with E-state index in [2.05, 4.69) is 10.2 Å². The van der Waals surface area contributed by atoms with E-state index in [1.54, 1.807) is 27.2 Å². The van der Waals surface area contributed by atoms with Gasteiger partial charge in [-0.15, -0.1) is 0 Å². The number of nitrogens with zero attached hydrogens (tertiary/aromatic N) is 2. The molecular weight excluding hydrogens is 383 g/mol. The lowest BCUT2D eigenvalue weighted by Crippen LogP contribution is -2.43. The fourth-order valence-electron chi connectivity index (χ4n) is 4.08. The van der Waals surface area contributed by atoms with Crippen molar-refractivity contribution in [2.24, 2.45) is 0 Å². The van der Waals surface area contributed by atoms with Crippen LogP contribution in [-0.2, 0) is 16.0 Å². The fraction of sp³-hybridized carbons (Fsp3) is 0.619. The number of benzene rings is 1. The number of fused-ring (bicyclic) bond motifs is 1. The normalized spacial score (nSPS) is 17.7. The standard InChI is InChI=1S/C21H30F3N3O2/c1-15-11-18-19(5-4-6-20(18)27(15)14-21(22,23)24)25-16-7-9-26(10-8-16)12-17(29-3)13-28-2/h4-6,11,16-17,25H,7-10,12-14H2,1-3H3. The highest BCUT2D eigenvalue weighted by atomic mass is 19.4. The van der Waals surface area contributed by atoms with Crippen molar-refractivity contribution in [2.45, 2.75) is 44.6 Å². The summed E-state index contributed by atoms with van der Waals surface area (Å²) in [6.07, 6.45) is -2.23. The van der Waals surface area contributed by atoms with Crippen LogP contribution in [0.25, 0.3) is 10.9 Å². The second-order valence-corrected chi connectivity index (χ2v) is 7.76. The van der Waals surface area contributed by atoms with Gasteiger partial charge >= 0.3 is 6.18 Å². The quantitative estimate of drug-likeness (QED) is 0.709. The highest BCUT2D eigenvalue weighted by Gasteiger charge is 2.29. The summed E-state index contributed by atoms with van der Waals surface area (Å²) in [6, 6.07) is 7.66. The summed E-state index contributed by atoms with van der Waals surface area (Å²) in [5.41, 5.74) is 2.13. The monoisotopic (exact) mass is 413 g/mol. The van der Waals surface area contributed by atoms with E-state index in [-0.39, 0.29) is 6.10 Å². The van der Waals surface area contributed by atoms with Crippen LogP contribution in [0.4, 0.5) is 18.9 Å². The van der Waals surface area contributed by atoms with Crippen LogP contribution in [0, 0.1) is 6.92 Å². The van der Waals surface area contributed by atoms with Crippen LogP contribution in [0.15, 0.2) is 24.3 Å². The lowest BCUT2D eigenvalue weighted by Gasteiger charge is -2.34. The number of aromatic nitrogens is 1. The van der Waals surface area contributed by atoms with Crippen LogP contribution in [0.1, 0.15) is 18.5 Å². The smallest absolute Gasteiger partial charge is 0.382 e. The van der Waals surface area contributed by atoms with E-state index in [1.165, 1.54) is 4.57 Å². The molecule has 1 aromatic carbocycles. The summed E-state index contributed by atoms with van der Waals surface area (Å²) in [4.78, 5) is 2.37. The van der Waals surface area contributed by atoms with E-state index in [0.717, 1.165) is 43.5 Å². The topological polar surface area (TPSA) is 38.7 Å². The second-order valence-electron chi connectivity index (χ2n) is 7.76. The molecule has 2 aromatic rings. The average Bonchev–Trinajstić information content (AvgIpc) is 2.98. The van der Waals surface area contributed by atoms with E-state index < -0.39 is 12.7 Å². The van der Waals surface area contributed by atoms with Crippen LogP contribution in [0.5, 0.6) is 0 Å². The number of halogens is 3. The van der Waals surface area contributed by atoms with Crippen LogP contribution >= 0.6 is 0 Å². The Bertz CT molecular complexity index is 798. The third kappa shape index (κ3) is 5.65. The molecule has 0 spiro atoms. The number of alkyl halides is 3. The molecule has 8 heteroatoms. The van der Waals surface area contributed by atoms with Crippen molar-refractivity contribution in [3.05, 3.63) is 30.0 Å². The molecule has 0 bridgehead atoms. The molecule has 5 nitrogen and oxygen atoms in total. The number of aryl methyl sites for hydroxylation is 1. The molecule has 0 radical (unpaired) electrons. The first-order chi connectivity index (χ1) is 13.8. The van der Waals surface area contributed by atoms with E-state index in [0.29, 0.717) is 23.9 Å². The molecule has 1 atom stereocenters. The Labute approximate surface area is 169 Å². The van der Waals surface area contributed by atoms with Crippen molar-refractivity contribution < 1.29 is 22.6 Å². The largest absolute Gasteiger partial charge is 0.406 e. The lowest BCUT2D eigenvalue weighted by atomic mass is 10.0. The molecule has 162 valence electrons. The maximum atomic E-state index is 12.9. The van der Waals surface area contributed by atoms with E-state index in [4.69, 9.17) is 9.47 Å². The van der Waals surface area contributed by atoms with Gasteiger partial charge in [0.1, 0.15) is 6.54 Å². The Morgan fingerprint density at radius 2 is 1.93 bits per heavy atom. The van der Waals surface area contributed by atoms with Gasteiger partial charge in [0.2, 0.25) is 0 Å². The van der Waals surface area contributed by atoms with E-state index >= 15 is 0 Å². The Morgan fingerprint density at radius 1 is 1.21 bits per heavy atom. The number of hydrogen-bond donors (Lipinski definition) is 1. The zero-order valence-electron chi connectivity index (χ0n) is 17.3. The predicted octanol–water partition coefficient (Wildman–Crippen LogP) is 4.05. The summed E-state index contributed by atoms with van der Waals surface area (Å²) in [5, 5.41) is 4.41. The van der Waals surface area contributed by atoms with E-state index in [9.17, 15) is 13.2 Å². The second kappa shape index (κ2) is 9.36. The van der Waals surface area contributed by atoms with Gasteiger partial charge in [-0.2, -0.15) is 13.2 Å². The van der Waals surface area contributed by atoms with Gasteiger partial charge < -0.3 is 24.3 Å². The van der Waals surface area contributed by atoms with Crippen molar-refractivity contribution in [1.29, 1.82) is 0 Å². The first kappa shape index (κ1) is 21.9. The van der Waals surface area contributed by atoms with Crippen molar-refractivity contribution in [3.8, 4) is 0 Å². The summed E-state index contributed by atoms with van der Waals surface area (Å²) < 4.78 is 50.8. The van der Waals surface area contributed by atoms with Gasteiger partial charge in [0.05, 0.1) is 18.2 Å². The Balaban J connectivity index is 1.65. The van der Waals surface area contributed by atoms with Gasteiger partial charge in [-0.1, -0.05) is 6.07 Å². The number of methoxy groups -OCH3 is 2. The van der Waals surface area contributed by atoms with Gasteiger partial charge in [0, 0.05) is 56.7 Å². The number of nitrogens with one attached hydrogen (secondary N) is 1. The Kier molecular flexibility index (Phi) is 7.08. The van der Waals surface area contributed by atoms with Gasteiger partial charge in [-0.05, 0) is 38.0 Å². The molecule has 1 fully saturated rings. The summed E-state index contributed by atoms with van der Waals surface area (Å²) >= 11 is 0. The molecule has 0 aliphatic carbocycles. The Morgan fingerprint density at radius 3 is 2.55 bits per heavy atom. The summed E-state index contributed by atoms with van der Waals surface area (Å²) in [7, 11) is 3.37. The predicted molar refractivity (Wildman–Crippen MR) is 108 cm³/mol. The molecule has 29 heavy (non-hydrogen) atoms. The van der Waals surface area contributed by atoms with Crippen molar-refractivity contribution >= 4 is 16.6 Å². The molecule has 1 aliphatic heterocycles. The summed E-state index contributed by atoms with van der Waals surface area (Å²) in [5.74, 6) is 0. The molecule has 1 aliphatic rings. The molecule has 1 N–H and O–H groups in total. The first-order valence-electron chi connectivity index (χ1n) is 9.97. The summed E-state index contributed by atoms with van der Waals surface area (Å²) in [6.45, 7) is 4.07. The maximum Gasteiger partial charge on any atom is 0.406 e. The number of likely N-dealkylation sites (tertiary alicyclic amines) is 1. The molecule has 0 saturated carbocycles. The number of hydrogen-bond acceptors (Lipinski definition) is 4. The van der Waals surface area contributed by atoms with Gasteiger partial charge in [-0.3, -0.25) is 0 Å². The Hall–Kier alpha value is -1.77. The number of anilines is 1. The van der Waals surface area contributed by atoms with Crippen LogP contribution in [0.2, 0.25) is 0 Å². The zero-order chi connectivity index (χ0) is 21.0. The first-order valence-corrected chi connectivity index (χ1v) is 9.97. The van der Waals surface area contributed by atoms with Gasteiger partial charge in [0.25, 0.3) is 0 Å². The maximum absolute atomic E-state index is 12.9. The SMILES string of the molecule is COCC(CN1CCC(Nc2cccc3c2cc(C)n3CC(F)(F)F)CC1)OC. The fourth-order valence-corrected chi connectivity index (χ4v) is 4.08. The van der Waals surface area contributed by atoms with Crippen LogP contribution < -0.4 is 5.32 Å². The average molecular weight is 413 g/mol. The molecular formula is C21H30F3N3O2. The molecule has 0 amide bonds. The van der Waals surface area contributed by atoms with Gasteiger partial charge in [-0.25, -0.2) is 0 Å². The minimum atomic E-state index is -4.24. The van der Waals surface area contributed by atoms with Crippen molar-refractivity contribution in [1.82, 2.24) is 9.47 Å². The third-order valence-corrected chi connectivity index (χ3v) is 5.59. The number of rotatable bonds is 8. The third-order valence-electron chi connectivity index (χ3n) is 5.59. The van der Waals surface area contributed by atoms with Gasteiger partial charge in [0.15, 0.2) is 0 Å². The molecule has 3 rings (SSSR count). The van der Waals surface area contributed by atoms with Crippen molar-refractivity contribution in [3.63, 3.8) is 0 Å². The number of piperidine rings is 1. The molecule has 2 heterocycles. The minimum absolute atomic E-state index is 0.0645. The van der Waals surface area contributed by atoms with Crippen molar-refractivity contribution in [2.75, 3.05) is 45.8 Å². The highest BCUT2D eigenvalue weighted by molar-refractivity contribution is 5.93. The van der Waals surface area contributed by atoms with Crippen LogP contribution in [-0.4, -0.2) is 68.2 Å². The van der Waals surface area contributed by atoms with E-state index in [1.807, 2.05) is 18.2 Å². The number of ether oxygens (including phenoxy) is 2. The minimum Gasteiger partial charge on any atom is -0.382 e.